The Morgan fingerprint density at radius 1 is 1.53 bits per heavy atom. The predicted octanol–water partition coefficient (Wildman–Crippen LogP) is 1.23. The summed E-state index contributed by atoms with van der Waals surface area (Å²) in [5.41, 5.74) is 0. The second kappa shape index (κ2) is 6.32. The minimum atomic E-state index is -3.43. The van der Waals surface area contributed by atoms with E-state index in [-0.39, 0.29) is 6.04 Å². The summed E-state index contributed by atoms with van der Waals surface area (Å²) >= 11 is 1.53. The second-order valence-corrected chi connectivity index (χ2v) is 7.62. The quantitative estimate of drug-likeness (QED) is 0.829. The summed E-state index contributed by atoms with van der Waals surface area (Å²) in [7, 11) is -3.43. The Kier molecular flexibility index (Phi) is 4.97. The van der Waals surface area contributed by atoms with Crippen LogP contribution in [-0.4, -0.2) is 34.2 Å². The van der Waals surface area contributed by atoms with Gasteiger partial charge in [0.15, 0.2) is 0 Å². The summed E-state index contributed by atoms with van der Waals surface area (Å²) in [4.78, 5) is 2.28. The van der Waals surface area contributed by atoms with E-state index in [1.165, 1.54) is 11.3 Å². The molecule has 0 saturated carbocycles. The molecule has 108 valence electrons. The molecule has 1 aliphatic heterocycles. The van der Waals surface area contributed by atoms with E-state index >= 15 is 0 Å². The van der Waals surface area contributed by atoms with E-state index in [1.54, 1.807) is 6.07 Å². The van der Waals surface area contributed by atoms with Crippen LogP contribution in [0.15, 0.2) is 11.0 Å². The minimum absolute atomic E-state index is 0.0958. The lowest BCUT2D eigenvalue weighted by Crippen LogP contribution is -2.35. The van der Waals surface area contributed by atoms with Crippen molar-refractivity contribution in [2.45, 2.75) is 37.8 Å². The zero-order chi connectivity index (χ0) is 13.9. The highest BCUT2D eigenvalue weighted by atomic mass is 32.2. The van der Waals surface area contributed by atoms with E-state index in [0.717, 1.165) is 22.7 Å². The molecule has 2 rings (SSSR count). The molecule has 7 heteroatoms. The van der Waals surface area contributed by atoms with Crippen LogP contribution in [0.2, 0.25) is 0 Å². The van der Waals surface area contributed by atoms with Crippen LogP contribution in [0, 0.1) is 6.92 Å². The Morgan fingerprint density at radius 3 is 2.95 bits per heavy atom. The van der Waals surface area contributed by atoms with Crippen LogP contribution in [0.5, 0.6) is 0 Å². The topological polar surface area (TPSA) is 67.4 Å². The van der Waals surface area contributed by atoms with Crippen molar-refractivity contribution in [3.63, 3.8) is 0 Å². The molecule has 0 amide bonds. The standard InChI is InChI=1S/C12H20N2O3S2/c1-3-13-7-11-6-12(9(2)18-11)19(15,16)14-10-4-5-17-8-10/h6,10,13-14H,3-5,7-8H2,1-2H3. The van der Waals surface area contributed by atoms with Gasteiger partial charge in [-0.05, 0) is 26.0 Å². The number of sulfonamides is 1. The average molecular weight is 304 g/mol. The lowest BCUT2D eigenvalue weighted by Gasteiger charge is -2.10. The SMILES string of the molecule is CCNCc1cc(S(=O)(=O)NC2CCOC2)c(C)s1. The van der Waals surface area contributed by atoms with Gasteiger partial charge < -0.3 is 10.1 Å². The fourth-order valence-electron chi connectivity index (χ4n) is 2.04. The Labute approximate surface area is 118 Å². The van der Waals surface area contributed by atoms with Crippen molar-refractivity contribution in [3.05, 3.63) is 15.8 Å². The van der Waals surface area contributed by atoms with Gasteiger partial charge in [0, 0.05) is 28.9 Å². The normalized spacial score (nSPS) is 20.0. The number of rotatable bonds is 6. The van der Waals surface area contributed by atoms with Crippen LogP contribution in [0.25, 0.3) is 0 Å². The molecule has 5 nitrogen and oxygen atoms in total. The molecule has 1 aromatic rings. The van der Waals surface area contributed by atoms with Gasteiger partial charge in [-0.25, -0.2) is 13.1 Å². The van der Waals surface area contributed by atoms with E-state index in [1.807, 2.05) is 13.8 Å². The molecule has 1 aromatic heterocycles. The maximum Gasteiger partial charge on any atom is 0.242 e. The third-order valence-corrected chi connectivity index (χ3v) is 5.84. The van der Waals surface area contributed by atoms with Gasteiger partial charge in [-0.1, -0.05) is 6.92 Å². The Morgan fingerprint density at radius 2 is 2.32 bits per heavy atom. The zero-order valence-electron chi connectivity index (χ0n) is 11.2. The van der Waals surface area contributed by atoms with Crippen LogP contribution in [0.4, 0.5) is 0 Å². The number of aryl methyl sites for hydroxylation is 1. The number of hydrogen-bond donors (Lipinski definition) is 2. The van der Waals surface area contributed by atoms with Crippen molar-refractivity contribution in [1.29, 1.82) is 0 Å². The van der Waals surface area contributed by atoms with Crippen LogP contribution in [-0.2, 0) is 21.3 Å². The molecule has 1 unspecified atom stereocenters. The number of hydrogen-bond acceptors (Lipinski definition) is 5. The molecule has 1 fully saturated rings. The molecular weight excluding hydrogens is 284 g/mol. The summed E-state index contributed by atoms with van der Waals surface area (Å²) < 4.78 is 32.5. The van der Waals surface area contributed by atoms with Crippen LogP contribution >= 0.6 is 11.3 Å². The molecule has 0 spiro atoms. The highest BCUT2D eigenvalue weighted by Crippen LogP contribution is 2.26. The average Bonchev–Trinajstić information content (AvgIpc) is 2.95. The van der Waals surface area contributed by atoms with Gasteiger partial charge in [0.05, 0.1) is 11.5 Å². The molecule has 0 aliphatic carbocycles. The smallest absolute Gasteiger partial charge is 0.242 e. The van der Waals surface area contributed by atoms with Crippen molar-refractivity contribution in [2.75, 3.05) is 19.8 Å². The minimum Gasteiger partial charge on any atom is -0.380 e. The van der Waals surface area contributed by atoms with Crippen molar-refractivity contribution >= 4 is 21.4 Å². The van der Waals surface area contributed by atoms with Crippen molar-refractivity contribution < 1.29 is 13.2 Å². The molecule has 0 bridgehead atoms. The summed E-state index contributed by atoms with van der Waals surface area (Å²) in [5.74, 6) is 0. The van der Waals surface area contributed by atoms with Crippen molar-refractivity contribution in [3.8, 4) is 0 Å². The van der Waals surface area contributed by atoms with E-state index in [9.17, 15) is 8.42 Å². The molecule has 2 N–H and O–H groups in total. The maximum absolute atomic E-state index is 12.3. The third-order valence-electron chi connectivity index (χ3n) is 3.01. The summed E-state index contributed by atoms with van der Waals surface area (Å²) in [5, 5.41) is 3.20. The highest BCUT2D eigenvalue weighted by Gasteiger charge is 2.25. The zero-order valence-corrected chi connectivity index (χ0v) is 12.9. The molecule has 1 atom stereocenters. The molecule has 0 radical (unpaired) electrons. The Hall–Kier alpha value is -0.470. The third kappa shape index (κ3) is 3.76. The predicted molar refractivity (Wildman–Crippen MR) is 76.0 cm³/mol. The maximum atomic E-state index is 12.3. The van der Waals surface area contributed by atoms with Crippen LogP contribution in [0.3, 0.4) is 0 Å². The molecule has 19 heavy (non-hydrogen) atoms. The lowest BCUT2D eigenvalue weighted by atomic mass is 10.3. The van der Waals surface area contributed by atoms with Gasteiger partial charge in [-0.2, -0.15) is 0 Å². The Balaban J connectivity index is 2.12. The van der Waals surface area contributed by atoms with Crippen molar-refractivity contribution in [2.24, 2.45) is 0 Å². The first-order valence-electron chi connectivity index (χ1n) is 6.43. The van der Waals surface area contributed by atoms with Gasteiger partial charge in [0.1, 0.15) is 0 Å². The lowest BCUT2D eigenvalue weighted by molar-refractivity contribution is 0.192. The summed E-state index contributed by atoms with van der Waals surface area (Å²) in [6.45, 7) is 6.55. The first kappa shape index (κ1) is 14.9. The van der Waals surface area contributed by atoms with Gasteiger partial charge in [0.2, 0.25) is 10.0 Å². The first-order valence-corrected chi connectivity index (χ1v) is 8.73. The number of ether oxygens (including phenoxy) is 1. The largest absolute Gasteiger partial charge is 0.380 e. The van der Waals surface area contributed by atoms with Crippen LogP contribution < -0.4 is 10.0 Å². The highest BCUT2D eigenvalue weighted by molar-refractivity contribution is 7.89. The number of nitrogens with one attached hydrogen (secondary N) is 2. The molecular formula is C12H20N2O3S2. The van der Waals surface area contributed by atoms with E-state index in [4.69, 9.17) is 4.74 Å². The summed E-state index contributed by atoms with van der Waals surface area (Å²) in [6, 6.07) is 1.67. The molecule has 1 aliphatic rings. The monoisotopic (exact) mass is 304 g/mol. The fraction of sp³-hybridized carbons (Fsp3) is 0.667. The number of thiophene rings is 1. The van der Waals surface area contributed by atoms with Gasteiger partial charge in [-0.15, -0.1) is 11.3 Å². The van der Waals surface area contributed by atoms with E-state index < -0.39 is 10.0 Å². The van der Waals surface area contributed by atoms with Gasteiger partial charge in [0.25, 0.3) is 0 Å². The Bertz CT molecular complexity index is 519. The molecule has 0 aromatic carbocycles. The molecule has 1 saturated heterocycles. The van der Waals surface area contributed by atoms with Gasteiger partial charge in [-0.3, -0.25) is 0 Å². The van der Waals surface area contributed by atoms with Crippen molar-refractivity contribution in [1.82, 2.24) is 10.0 Å². The van der Waals surface area contributed by atoms with E-state index in [2.05, 4.69) is 10.0 Å². The van der Waals surface area contributed by atoms with E-state index in [0.29, 0.717) is 24.7 Å². The fourth-order valence-corrected chi connectivity index (χ4v) is 4.90. The van der Waals surface area contributed by atoms with Crippen LogP contribution in [0.1, 0.15) is 23.1 Å². The van der Waals surface area contributed by atoms with Gasteiger partial charge >= 0.3 is 0 Å². The molecule has 2 heterocycles. The first-order chi connectivity index (χ1) is 9.03. The second-order valence-electron chi connectivity index (χ2n) is 4.60. The summed E-state index contributed by atoms with van der Waals surface area (Å²) in [6.07, 6.45) is 0.743.